The van der Waals surface area contributed by atoms with Crippen LogP contribution in [0.25, 0.3) is 0 Å². The Balaban J connectivity index is 2.21. The van der Waals surface area contributed by atoms with Crippen molar-refractivity contribution in [1.29, 1.82) is 0 Å². The molecule has 1 N–H and O–H groups in total. The maximum absolute atomic E-state index is 12.1. The van der Waals surface area contributed by atoms with Crippen molar-refractivity contribution in [2.24, 2.45) is 0 Å². The highest BCUT2D eigenvalue weighted by molar-refractivity contribution is 7.87. The highest BCUT2D eigenvalue weighted by Crippen LogP contribution is 2.26. The van der Waals surface area contributed by atoms with Crippen molar-refractivity contribution >= 4 is 10.1 Å². The second-order valence-corrected chi connectivity index (χ2v) is 5.98. The van der Waals surface area contributed by atoms with Gasteiger partial charge in [0.1, 0.15) is 16.7 Å². The van der Waals surface area contributed by atoms with Crippen LogP contribution in [-0.2, 0) is 10.1 Å². The summed E-state index contributed by atoms with van der Waals surface area (Å²) in [5.41, 5.74) is 0.668. The SMILES string of the molecule is CC(c1ccccc1)S(=O)(=O)Oc1ccc(O)cc1. The molecule has 0 saturated carbocycles. The summed E-state index contributed by atoms with van der Waals surface area (Å²) in [6, 6.07) is 14.4. The number of aromatic hydroxyl groups is 1. The maximum Gasteiger partial charge on any atom is 0.316 e. The van der Waals surface area contributed by atoms with Crippen molar-refractivity contribution in [1.82, 2.24) is 0 Å². The summed E-state index contributed by atoms with van der Waals surface area (Å²) >= 11 is 0. The second-order valence-electron chi connectivity index (χ2n) is 4.12. The van der Waals surface area contributed by atoms with Crippen molar-refractivity contribution in [3.8, 4) is 11.5 Å². The fraction of sp³-hybridized carbons (Fsp3) is 0.143. The lowest BCUT2D eigenvalue weighted by Gasteiger charge is -2.14. The quantitative estimate of drug-likeness (QED) is 0.873. The Morgan fingerprint density at radius 2 is 1.58 bits per heavy atom. The summed E-state index contributed by atoms with van der Waals surface area (Å²) in [5, 5.41) is 8.38. The molecule has 5 heteroatoms. The summed E-state index contributed by atoms with van der Waals surface area (Å²) in [4.78, 5) is 0. The van der Waals surface area contributed by atoms with Crippen LogP contribution >= 0.6 is 0 Å². The van der Waals surface area contributed by atoms with E-state index in [4.69, 9.17) is 9.29 Å². The zero-order valence-electron chi connectivity index (χ0n) is 10.4. The van der Waals surface area contributed by atoms with Crippen molar-refractivity contribution in [3.05, 3.63) is 60.2 Å². The average Bonchev–Trinajstić information content (AvgIpc) is 2.41. The number of rotatable bonds is 4. The zero-order chi connectivity index (χ0) is 13.9. The molecule has 1 unspecified atom stereocenters. The van der Waals surface area contributed by atoms with Gasteiger partial charge < -0.3 is 9.29 Å². The molecule has 1 atom stereocenters. The van der Waals surface area contributed by atoms with Gasteiger partial charge in [0.05, 0.1) is 0 Å². The van der Waals surface area contributed by atoms with E-state index >= 15 is 0 Å². The molecule has 0 bridgehead atoms. The normalized spacial score (nSPS) is 12.9. The van der Waals surface area contributed by atoms with Crippen LogP contribution in [0, 0.1) is 0 Å². The fourth-order valence-electron chi connectivity index (χ4n) is 1.60. The van der Waals surface area contributed by atoms with E-state index in [0.29, 0.717) is 5.56 Å². The van der Waals surface area contributed by atoms with E-state index in [-0.39, 0.29) is 11.5 Å². The Hall–Kier alpha value is -2.01. The smallest absolute Gasteiger partial charge is 0.316 e. The van der Waals surface area contributed by atoms with Gasteiger partial charge in [0.2, 0.25) is 0 Å². The lowest BCUT2D eigenvalue weighted by atomic mass is 10.2. The third kappa shape index (κ3) is 3.26. The third-order valence-electron chi connectivity index (χ3n) is 2.75. The Morgan fingerprint density at radius 3 is 2.16 bits per heavy atom. The van der Waals surface area contributed by atoms with Crippen molar-refractivity contribution in [2.75, 3.05) is 0 Å². The van der Waals surface area contributed by atoms with Gasteiger partial charge in [0.25, 0.3) is 0 Å². The first-order chi connectivity index (χ1) is 8.99. The van der Waals surface area contributed by atoms with E-state index in [1.165, 1.54) is 24.3 Å². The predicted octanol–water partition coefficient (Wildman–Crippen LogP) is 2.86. The van der Waals surface area contributed by atoms with E-state index in [1.54, 1.807) is 31.2 Å². The molecule has 0 fully saturated rings. The van der Waals surface area contributed by atoms with Crippen LogP contribution < -0.4 is 4.18 Å². The van der Waals surface area contributed by atoms with E-state index in [2.05, 4.69) is 0 Å². The minimum absolute atomic E-state index is 0.0563. The maximum atomic E-state index is 12.1. The van der Waals surface area contributed by atoms with Gasteiger partial charge >= 0.3 is 10.1 Å². The van der Waals surface area contributed by atoms with Gasteiger partial charge in [0, 0.05) is 0 Å². The Labute approximate surface area is 112 Å². The molecule has 0 aliphatic heterocycles. The molecule has 100 valence electrons. The summed E-state index contributed by atoms with van der Waals surface area (Å²) in [6.45, 7) is 1.57. The van der Waals surface area contributed by atoms with Crippen molar-refractivity contribution in [2.45, 2.75) is 12.2 Å². The number of phenolic OH excluding ortho intramolecular Hbond substituents is 1. The summed E-state index contributed by atoms with van der Waals surface area (Å²) in [5.74, 6) is 0.237. The molecule has 0 spiro atoms. The number of phenols is 1. The molecule has 0 aliphatic rings. The van der Waals surface area contributed by atoms with Gasteiger partial charge in [-0.3, -0.25) is 0 Å². The molecular weight excluding hydrogens is 264 g/mol. The van der Waals surface area contributed by atoms with Crippen LogP contribution in [0.2, 0.25) is 0 Å². The first-order valence-electron chi connectivity index (χ1n) is 5.76. The lowest BCUT2D eigenvalue weighted by Crippen LogP contribution is -2.16. The van der Waals surface area contributed by atoms with Crippen LogP contribution in [0.5, 0.6) is 11.5 Å². The van der Waals surface area contributed by atoms with Crippen LogP contribution in [0.4, 0.5) is 0 Å². The van der Waals surface area contributed by atoms with E-state index in [0.717, 1.165) is 0 Å². The standard InChI is InChI=1S/C14H14O4S/c1-11(12-5-3-2-4-6-12)19(16,17)18-14-9-7-13(15)8-10-14/h2-11,15H,1H3. The van der Waals surface area contributed by atoms with E-state index in [1.807, 2.05) is 6.07 Å². The first kappa shape index (κ1) is 13.4. The molecule has 2 aromatic carbocycles. The van der Waals surface area contributed by atoms with Crippen LogP contribution in [0.3, 0.4) is 0 Å². The Kier molecular flexibility index (Phi) is 3.76. The van der Waals surface area contributed by atoms with Crippen LogP contribution in [-0.4, -0.2) is 13.5 Å². The van der Waals surface area contributed by atoms with Gasteiger partial charge in [-0.15, -0.1) is 0 Å². The number of benzene rings is 2. The zero-order valence-corrected chi connectivity index (χ0v) is 11.2. The van der Waals surface area contributed by atoms with Gasteiger partial charge in [0.15, 0.2) is 0 Å². The third-order valence-corrected chi connectivity index (χ3v) is 4.31. The fourth-order valence-corrected chi connectivity index (χ4v) is 2.61. The van der Waals surface area contributed by atoms with Crippen molar-refractivity contribution < 1.29 is 17.7 Å². The van der Waals surface area contributed by atoms with Crippen LogP contribution in [0.15, 0.2) is 54.6 Å². The van der Waals surface area contributed by atoms with Crippen LogP contribution in [0.1, 0.15) is 17.7 Å². The molecule has 0 amide bonds. The summed E-state index contributed by atoms with van der Waals surface area (Å²) in [6.07, 6.45) is 0. The summed E-state index contributed by atoms with van der Waals surface area (Å²) < 4.78 is 29.2. The first-order valence-corrected chi connectivity index (χ1v) is 7.23. The average molecular weight is 278 g/mol. The van der Waals surface area contributed by atoms with Gasteiger partial charge in [-0.1, -0.05) is 30.3 Å². The molecule has 4 nitrogen and oxygen atoms in total. The molecule has 2 aromatic rings. The molecular formula is C14H14O4S. The van der Waals surface area contributed by atoms with Gasteiger partial charge in [-0.05, 0) is 36.8 Å². The summed E-state index contributed by atoms with van der Waals surface area (Å²) in [7, 11) is -3.76. The number of hydrogen-bond donors (Lipinski definition) is 1. The second kappa shape index (κ2) is 5.32. The topological polar surface area (TPSA) is 63.6 Å². The minimum Gasteiger partial charge on any atom is -0.508 e. The molecule has 0 heterocycles. The van der Waals surface area contributed by atoms with Gasteiger partial charge in [-0.2, -0.15) is 8.42 Å². The lowest BCUT2D eigenvalue weighted by molar-refractivity contribution is 0.465. The van der Waals surface area contributed by atoms with E-state index < -0.39 is 15.4 Å². The highest BCUT2D eigenvalue weighted by atomic mass is 32.2. The highest BCUT2D eigenvalue weighted by Gasteiger charge is 2.24. The molecule has 0 radical (unpaired) electrons. The molecule has 0 saturated heterocycles. The van der Waals surface area contributed by atoms with E-state index in [9.17, 15) is 8.42 Å². The monoisotopic (exact) mass is 278 g/mol. The number of hydrogen-bond acceptors (Lipinski definition) is 4. The Bertz CT molecular complexity index is 633. The molecule has 0 aromatic heterocycles. The molecule has 0 aliphatic carbocycles. The van der Waals surface area contributed by atoms with Crippen molar-refractivity contribution in [3.63, 3.8) is 0 Å². The Morgan fingerprint density at radius 1 is 1.00 bits per heavy atom. The van der Waals surface area contributed by atoms with Gasteiger partial charge in [-0.25, -0.2) is 0 Å². The largest absolute Gasteiger partial charge is 0.508 e. The predicted molar refractivity (Wildman–Crippen MR) is 72.5 cm³/mol. The molecule has 19 heavy (non-hydrogen) atoms. The minimum atomic E-state index is -3.76. The molecule has 2 rings (SSSR count).